The number of hydrogen-bond donors (Lipinski definition) is 1. The standard InChI is InChI=1S/C17H23NO5S/c1-4-10-7-8-11-12(9-10)24-15(13(11)16(20)22-5-2)18-14(19)17(21)23-6-3/h10H,4-9H2,1-3H3,(H,18,19)/t10-/m0/s1. The summed E-state index contributed by atoms with van der Waals surface area (Å²) < 4.78 is 9.83. The van der Waals surface area contributed by atoms with Crippen LogP contribution in [0.1, 0.15) is 54.4 Å². The van der Waals surface area contributed by atoms with E-state index in [1.54, 1.807) is 13.8 Å². The number of carbonyl (C=O) groups is 3. The number of carbonyl (C=O) groups excluding carboxylic acids is 3. The third kappa shape index (κ3) is 3.95. The lowest BCUT2D eigenvalue weighted by atomic mass is 9.85. The number of esters is 2. The molecule has 1 aliphatic carbocycles. The molecule has 1 aliphatic rings. The molecule has 0 saturated carbocycles. The van der Waals surface area contributed by atoms with Crippen molar-refractivity contribution in [2.45, 2.75) is 46.5 Å². The Balaban J connectivity index is 2.32. The summed E-state index contributed by atoms with van der Waals surface area (Å²) in [6, 6.07) is 0. The first kappa shape index (κ1) is 18.4. The molecule has 0 fully saturated rings. The summed E-state index contributed by atoms with van der Waals surface area (Å²) in [7, 11) is 0. The van der Waals surface area contributed by atoms with Crippen molar-refractivity contribution in [2.24, 2.45) is 5.92 Å². The van der Waals surface area contributed by atoms with Gasteiger partial charge in [-0.1, -0.05) is 13.3 Å². The molecule has 1 aromatic rings. The summed E-state index contributed by atoms with van der Waals surface area (Å²) in [4.78, 5) is 36.9. The van der Waals surface area contributed by atoms with E-state index in [0.717, 1.165) is 36.1 Å². The van der Waals surface area contributed by atoms with Gasteiger partial charge in [-0.2, -0.15) is 0 Å². The van der Waals surface area contributed by atoms with Crippen LogP contribution in [0, 0.1) is 5.92 Å². The highest BCUT2D eigenvalue weighted by Gasteiger charge is 2.30. The third-order valence-corrected chi connectivity index (χ3v) is 5.28. The van der Waals surface area contributed by atoms with Gasteiger partial charge in [-0.05, 0) is 44.6 Å². The smallest absolute Gasteiger partial charge is 0.397 e. The minimum absolute atomic E-state index is 0.121. The Labute approximate surface area is 145 Å². The fraction of sp³-hybridized carbons (Fsp3) is 0.588. The quantitative estimate of drug-likeness (QED) is 0.650. The molecule has 1 aromatic heterocycles. The van der Waals surface area contributed by atoms with Gasteiger partial charge in [0.15, 0.2) is 0 Å². The maximum absolute atomic E-state index is 12.3. The molecule has 24 heavy (non-hydrogen) atoms. The molecule has 1 atom stereocenters. The lowest BCUT2D eigenvalue weighted by molar-refractivity contribution is -0.152. The highest BCUT2D eigenvalue weighted by Crippen LogP contribution is 2.40. The van der Waals surface area contributed by atoms with Gasteiger partial charge in [0.05, 0.1) is 18.8 Å². The van der Waals surface area contributed by atoms with Gasteiger partial charge < -0.3 is 14.8 Å². The van der Waals surface area contributed by atoms with Gasteiger partial charge in [-0.15, -0.1) is 11.3 Å². The fourth-order valence-electron chi connectivity index (χ4n) is 2.86. The second-order valence-electron chi connectivity index (χ2n) is 5.62. The molecule has 0 aromatic carbocycles. The Kier molecular flexibility index (Phi) is 6.36. The van der Waals surface area contributed by atoms with Crippen LogP contribution in [-0.2, 0) is 31.9 Å². The first-order chi connectivity index (χ1) is 11.5. The highest BCUT2D eigenvalue weighted by molar-refractivity contribution is 7.17. The van der Waals surface area contributed by atoms with Crippen LogP contribution < -0.4 is 5.32 Å². The molecule has 0 saturated heterocycles. The SMILES string of the molecule is CCOC(=O)C(=O)Nc1sc2c(c1C(=O)OCC)CC[C@H](CC)C2. The van der Waals surface area contributed by atoms with E-state index in [-0.39, 0.29) is 13.2 Å². The molecule has 2 rings (SSSR count). The molecule has 0 radical (unpaired) electrons. The minimum Gasteiger partial charge on any atom is -0.462 e. The first-order valence-corrected chi connectivity index (χ1v) is 9.13. The molecule has 0 aliphatic heterocycles. The zero-order chi connectivity index (χ0) is 17.7. The molecular weight excluding hydrogens is 330 g/mol. The van der Waals surface area contributed by atoms with E-state index >= 15 is 0 Å². The maximum atomic E-state index is 12.3. The molecule has 132 valence electrons. The summed E-state index contributed by atoms with van der Waals surface area (Å²) in [5, 5.41) is 2.91. The number of anilines is 1. The Bertz CT molecular complexity index is 637. The second kappa shape index (κ2) is 8.28. The van der Waals surface area contributed by atoms with Gasteiger partial charge in [-0.25, -0.2) is 9.59 Å². The molecule has 0 spiro atoms. The summed E-state index contributed by atoms with van der Waals surface area (Å²) in [5.74, 6) is -1.69. The van der Waals surface area contributed by atoms with Crippen LogP contribution in [0.3, 0.4) is 0 Å². The zero-order valence-electron chi connectivity index (χ0n) is 14.3. The molecule has 1 N–H and O–H groups in total. The lowest BCUT2D eigenvalue weighted by Crippen LogP contribution is -2.25. The molecule has 0 unspecified atom stereocenters. The van der Waals surface area contributed by atoms with Crippen molar-refractivity contribution in [3.63, 3.8) is 0 Å². The monoisotopic (exact) mass is 353 g/mol. The number of ether oxygens (including phenoxy) is 2. The van der Waals surface area contributed by atoms with E-state index in [1.807, 2.05) is 0 Å². The highest BCUT2D eigenvalue weighted by atomic mass is 32.1. The molecule has 0 bridgehead atoms. The van der Waals surface area contributed by atoms with Crippen LogP contribution in [0.15, 0.2) is 0 Å². The normalized spacial score (nSPS) is 16.2. The minimum atomic E-state index is -0.954. The van der Waals surface area contributed by atoms with Crippen LogP contribution >= 0.6 is 11.3 Å². The largest absolute Gasteiger partial charge is 0.462 e. The Morgan fingerprint density at radius 1 is 1.17 bits per heavy atom. The average Bonchev–Trinajstić information content (AvgIpc) is 2.91. The van der Waals surface area contributed by atoms with E-state index in [9.17, 15) is 14.4 Å². The second-order valence-corrected chi connectivity index (χ2v) is 6.73. The fourth-order valence-corrected chi connectivity index (χ4v) is 4.21. The van der Waals surface area contributed by atoms with Gasteiger partial charge in [0, 0.05) is 4.88 Å². The van der Waals surface area contributed by atoms with Gasteiger partial charge >= 0.3 is 17.8 Å². The topological polar surface area (TPSA) is 81.7 Å². The number of fused-ring (bicyclic) bond motifs is 1. The van der Waals surface area contributed by atoms with Crippen molar-refractivity contribution in [2.75, 3.05) is 18.5 Å². The Morgan fingerprint density at radius 3 is 2.50 bits per heavy atom. The molecule has 1 heterocycles. The van der Waals surface area contributed by atoms with Crippen molar-refractivity contribution in [3.05, 3.63) is 16.0 Å². The summed E-state index contributed by atoms with van der Waals surface area (Å²) in [6.07, 6.45) is 3.76. The van der Waals surface area contributed by atoms with E-state index in [1.165, 1.54) is 11.3 Å². The molecule has 6 nitrogen and oxygen atoms in total. The Morgan fingerprint density at radius 2 is 1.88 bits per heavy atom. The number of amides is 1. The molecule has 7 heteroatoms. The van der Waals surface area contributed by atoms with Crippen molar-refractivity contribution < 1.29 is 23.9 Å². The van der Waals surface area contributed by atoms with E-state index in [4.69, 9.17) is 9.47 Å². The number of nitrogens with one attached hydrogen (secondary N) is 1. The predicted molar refractivity (Wildman–Crippen MR) is 91.3 cm³/mol. The van der Waals surface area contributed by atoms with Crippen LogP contribution in [0.4, 0.5) is 5.00 Å². The van der Waals surface area contributed by atoms with Crippen molar-refractivity contribution in [1.29, 1.82) is 0 Å². The van der Waals surface area contributed by atoms with Crippen LogP contribution in [0.5, 0.6) is 0 Å². The van der Waals surface area contributed by atoms with Crippen molar-refractivity contribution in [1.82, 2.24) is 0 Å². The predicted octanol–water partition coefficient (Wildman–Crippen LogP) is 2.94. The number of thiophene rings is 1. The first-order valence-electron chi connectivity index (χ1n) is 8.31. The van der Waals surface area contributed by atoms with Gasteiger partial charge in [0.2, 0.25) is 0 Å². The van der Waals surface area contributed by atoms with E-state index in [0.29, 0.717) is 16.5 Å². The van der Waals surface area contributed by atoms with E-state index in [2.05, 4.69) is 12.2 Å². The van der Waals surface area contributed by atoms with Crippen molar-refractivity contribution >= 4 is 34.2 Å². The summed E-state index contributed by atoms with van der Waals surface area (Å²) in [6.45, 7) is 5.89. The van der Waals surface area contributed by atoms with Gasteiger partial charge in [0.1, 0.15) is 5.00 Å². The van der Waals surface area contributed by atoms with Crippen LogP contribution in [0.25, 0.3) is 0 Å². The van der Waals surface area contributed by atoms with Crippen LogP contribution in [-0.4, -0.2) is 31.1 Å². The zero-order valence-corrected chi connectivity index (χ0v) is 15.1. The summed E-state index contributed by atoms with van der Waals surface area (Å²) in [5.41, 5.74) is 1.34. The number of hydrogen-bond acceptors (Lipinski definition) is 6. The maximum Gasteiger partial charge on any atom is 0.397 e. The van der Waals surface area contributed by atoms with Gasteiger partial charge in [-0.3, -0.25) is 4.79 Å². The van der Waals surface area contributed by atoms with Crippen LogP contribution in [0.2, 0.25) is 0 Å². The average molecular weight is 353 g/mol. The van der Waals surface area contributed by atoms with Gasteiger partial charge in [0.25, 0.3) is 0 Å². The molecular formula is C17H23NO5S. The number of rotatable bonds is 5. The Hall–Kier alpha value is -1.89. The molecule has 1 amide bonds. The van der Waals surface area contributed by atoms with E-state index < -0.39 is 17.8 Å². The van der Waals surface area contributed by atoms with Crippen molar-refractivity contribution in [3.8, 4) is 0 Å². The summed E-state index contributed by atoms with van der Waals surface area (Å²) >= 11 is 1.36. The third-order valence-electron chi connectivity index (χ3n) is 4.11. The lowest BCUT2D eigenvalue weighted by Gasteiger charge is -2.20.